The van der Waals surface area contributed by atoms with Gasteiger partial charge in [0.1, 0.15) is 0 Å². The number of likely N-dealkylation sites (N-methyl/N-ethyl adjacent to an activating group) is 1. The zero-order valence-electron chi connectivity index (χ0n) is 21.1. The molecular formula is C27H31N7O2S. The lowest BCUT2D eigenvalue weighted by Crippen LogP contribution is -2.46. The van der Waals surface area contributed by atoms with E-state index in [2.05, 4.69) is 57.6 Å². The number of hydrogen-bond donors (Lipinski definition) is 2. The van der Waals surface area contributed by atoms with Gasteiger partial charge in [0.05, 0.1) is 44.9 Å². The topological polar surface area (TPSA) is 107 Å². The molecule has 0 saturated carbocycles. The summed E-state index contributed by atoms with van der Waals surface area (Å²) >= 11 is 1.78. The van der Waals surface area contributed by atoms with Gasteiger partial charge in [-0.05, 0) is 62.9 Å². The second kappa shape index (κ2) is 9.83. The number of thiazole rings is 1. The molecule has 1 aromatic carbocycles. The van der Waals surface area contributed by atoms with Gasteiger partial charge in [-0.1, -0.05) is 13.0 Å². The molecule has 2 saturated heterocycles. The van der Waals surface area contributed by atoms with Crippen molar-refractivity contribution in [3.8, 4) is 0 Å². The predicted molar refractivity (Wildman–Crippen MR) is 144 cm³/mol. The Hall–Kier alpha value is -3.37. The molecule has 2 amide bonds. The largest absolute Gasteiger partial charge is 0.327 e. The third-order valence-corrected chi connectivity index (χ3v) is 8.86. The Labute approximate surface area is 219 Å². The molecule has 10 heteroatoms. The number of carbonyl (C=O) groups is 2. The molecule has 192 valence electrons. The number of nitrogens with zero attached hydrogens (tertiary/aromatic N) is 5. The second-order valence-corrected chi connectivity index (χ2v) is 11.6. The first-order valence-electron chi connectivity index (χ1n) is 12.9. The Morgan fingerprint density at radius 3 is 2.89 bits per heavy atom. The summed E-state index contributed by atoms with van der Waals surface area (Å²) < 4.78 is 1.17. The molecule has 0 bridgehead atoms. The Morgan fingerprint density at radius 2 is 2.03 bits per heavy atom. The van der Waals surface area contributed by atoms with Gasteiger partial charge in [0.15, 0.2) is 0 Å². The van der Waals surface area contributed by atoms with Crippen LogP contribution in [0.1, 0.15) is 55.1 Å². The van der Waals surface area contributed by atoms with Gasteiger partial charge in [-0.25, -0.2) is 4.98 Å². The molecule has 2 aliphatic heterocycles. The van der Waals surface area contributed by atoms with E-state index in [0.717, 1.165) is 42.4 Å². The number of rotatable bonds is 3. The summed E-state index contributed by atoms with van der Waals surface area (Å²) in [5.74, 6) is -0.395. The third-order valence-electron chi connectivity index (χ3n) is 7.66. The molecule has 0 aliphatic carbocycles. The van der Waals surface area contributed by atoms with E-state index in [4.69, 9.17) is 4.98 Å². The maximum Gasteiger partial charge on any atom is 0.314 e. The molecule has 9 nitrogen and oxygen atoms in total. The minimum atomic E-state index is -0.665. The fraction of sp³-hybridized carbons (Fsp3) is 0.444. The summed E-state index contributed by atoms with van der Waals surface area (Å²) in [7, 11) is 2.18. The Morgan fingerprint density at radius 1 is 1.14 bits per heavy atom. The van der Waals surface area contributed by atoms with E-state index in [0.29, 0.717) is 29.6 Å². The van der Waals surface area contributed by atoms with Crippen LogP contribution in [-0.2, 0) is 9.59 Å². The van der Waals surface area contributed by atoms with E-state index < -0.39 is 11.8 Å². The monoisotopic (exact) mass is 517 g/mol. The van der Waals surface area contributed by atoms with Crippen molar-refractivity contribution in [3.05, 3.63) is 47.4 Å². The average Bonchev–Trinajstić information content (AvgIpc) is 3.55. The van der Waals surface area contributed by atoms with Crippen LogP contribution < -0.4 is 5.32 Å². The van der Waals surface area contributed by atoms with Gasteiger partial charge in [-0.15, -0.1) is 11.3 Å². The zero-order chi connectivity index (χ0) is 25.5. The van der Waals surface area contributed by atoms with Gasteiger partial charge < -0.3 is 15.1 Å². The highest BCUT2D eigenvalue weighted by molar-refractivity contribution is 7.18. The van der Waals surface area contributed by atoms with Crippen LogP contribution in [0, 0.1) is 5.92 Å². The van der Waals surface area contributed by atoms with Crippen molar-refractivity contribution in [3.63, 3.8) is 0 Å². The number of benzene rings is 1. The van der Waals surface area contributed by atoms with Gasteiger partial charge in [-0.3, -0.25) is 19.7 Å². The van der Waals surface area contributed by atoms with Crippen LogP contribution in [0.3, 0.4) is 0 Å². The highest BCUT2D eigenvalue weighted by Crippen LogP contribution is 2.37. The summed E-state index contributed by atoms with van der Waals surface area (Å²) in [4.78, 5) is 39.8. The number of piperidine rings is 2. The third kappa shape index (κ3) is 4.71. The molecule has 37 heavy (non-hydrogen) atoms. The lowest BCUT2D eigenvalue weighted by Gasteiger charge is -2.38. The summed E-state index contributed by atoms with van der Waals surface area (Å²) in [5, 5.41) is 11.6. The second-order valence-electron chi connectivity index (χ2n) is 10.5. The standard InChI is InChI=1S/C27H31N7O2S/c1-16-5-7-22(17-6-8-23-20(10-17)31-26(37-23)18-4-3-9-33(2)15-18)34(14-16)27(36)25(35)30-21-13-28-11-19-12-29-32-24(19)21/h6,8,10-13,16,18,22H,3-5,7,9,14-15H2,1-2H3,(H,29,32)(H,30,35)/t16-,18+,22+/m0/s1. The van der Waals surface area contributed by atoms with Crippen molar-refractivity contribution < 1.29 is 9.59 Å². The number of amides is 2. The zero-order valence-corrected chi connectivity index (χ0v) is 21.9. The smallest absolute Gasteiger partial charge is 0.314 e. The molecule has 2 fully saturated rings. The Bertz CT molecular complexity index is 1460. The minimum absolute atomic E-state index is 0.161. The highest BCUT2D eigenvalue weighted by Gasteiger charge is 2.35. The van der Waals surface area contributed by atoms with E-state index in [1.807, 2.05) is 0 Å². The van der Waals surface area contributed by atoms with Crippen molar-refractivity contribution in [1.29, 1.82) is 0 Å². The van der Waals surface area contributed by atoms with Crippen LogP contribution in [0.2, 0.25) is 0 Å². The molecule has 3 aromatic heterocycles. The van der Waals surface area contributed by atoms with Crippen molar-refractivity contribution in [2.24, 2.45) is 5.92 Å². The van der Waals surface area contributed by atoms with Crippen molar-refractivity contribution in [1.82, 2.24) is 30.0 Å². The number of fused-ring (bicyclic) bond motifs is 2. The number of nitrogens with one attached hydrogen (secondary N) is 2. The number of H-pyrrole nitrogens is 1. The van der Waals surface area contributed by atoms with Gasteiger partial charge in [-0.2, -0.15) is 5.10 Å². The minimum Gasteiger partial charge on any atom is -0.327 e. The van der Waals surface area contributed by atoms with Gasteiger partial charge in [0, 0.05) is 30.6 Å². The first-order chi connectivity index (χ1) is 18.0. The van der Waals surface area contributed by atoms with E-state index in [1.54, 1.807) is 28.6 Å². The quantitative estimate of drug-likeness (QED) is 0.392. The Kier molecular flexibility index (Phi) is 6.37. The molecule has 2 N–H and O–H groups in total. The number of anilines is 1. The maximum absolute atomic E-state index is 13.5. The fourth-order valence-electron chi connectivity index (χ4n) is 5.70. The summed E-state index contributed by atoms with van der Waals surface area (Å²) in [6.45, 7) is 4.86. The maximum atomic E-state index is 13.5. The van der Waals surface area contributed by atoms with E-state index in [-0.39, 0.29) is 6.04 Å². The number of pyridine rings is 1. The molecule has 5 heterocycles. The van der Waals surface area contributed by atoms with Crippen LogP contribution in [0.4, 0.5) is 5.69 Å². The van der Waals surface area contributed by atoms with E-state index in [9.17, 15) is 9.59 Å². The first-order valence-corrected chi connectivity index (χ1v) is 13.8. The lowest BCUT2D eigenvalue weighted by molar-refractivity contribution is -0.146. The summed E-state index contributed by atoms with van der Waals surface area (Å²) in [6, 6.07) is 6.19. The number of aromatic nitrogens is 4. The van der Waals surface area contributed by atoms with Crippen LogP contribution in [0.5, 0.6) is 0 Å². The predicted octanol–water partition coefficient (Wildman–Crippen LogP) is 4.32. The molecule has 0 spiro atoms. The molecule has 0 unspecified atom stereocenters. The molecule has 6 rings (SSSR count). The van der Waals surface area contributed by atoms with Gasteiger partial charge in [0.2, 0.25) is 0 Å². The molecule has 0 radical (unpaired) electrons. The molecule has 2 aliphatic rings. The fourth-order valence-corrected chi connectivity index (χ4v) is 6.78. The van der Waals surface area contributed by atoms with Crippen molar-refractivity contribution in [2.45, 2.75) is 44.6 Å². The van der Waals surface area contributed by atoms with E-state index >= 15 is 0 Å². The average molecular weight is 518 g/mol. The Balaban J connectivity index is 1.25. The van der Waals surface area contributed by atoms with E-state index in [1.165, 1.54) is 28.7 Å². The summed E-state index contributed by atoms with van der Waals surface area (Å²) in [5.41, 5.74) is 3.11. The van der Waals surface area contributed by atoms with Gasteiger partial charge >= 0.3 is 11.8 Å². The van der Waals surface area contributed by atoms with Crippen molar-refractivity contribution in [2.75, 3.05) is 32.0 Å². The number of carbonyl (C=O) groups excluding carboxylic acids is 2. The highest BCUT2D eigenvalue weighted by atomic mass is 32.1. The SMILES string of the molecule is C[C@H]1CC[C@H](c2ccc3sc([C@@H]4CCCN(C)C4)nc3c2)N(C(=O)C(=O)Nc2cncc3cn[nH]c23)C1. The summed E-state index contributed by atoms with van der Waals surface area (Å²) in [6.07, 6.45) is 9.01. The molecule has 4 aromatic rings. The number of aromatic amines is 1. The first kappa shape index (κ1) is 24.0. The number of hydrogen-bond acceptors (Lipinski definition) is 7. The van der Waals surface area contributed by atoms with Crippen LogP contribution in [0.15, 0.2) is 36.8 Å². The van der Waals surface area contributed by atoms with Crippen LogP contribution in [-0.4, -0.2) is 68.5 Å². The normalized spacial score (nSPS) is 23.0. The number of likely N-dealkylation sites (tertiary alicyclic amines) is 2. The van der Waals surface area contributed by atoms with Crippen LogP contribution in [0.25, 0.3) is 21.1 Å². The molecule has 3 atom stereocenters. The lowest BCUT2D eigenvalue weighted by atomic mass is 9.89. The van der Waals surface area contributed by atoms with Crippen LogP contribution >= 0.6 is 11.3 Å². The van der Waals surface area contributed by atoms with Crippen molar-refractivity contribution >= 4 is 50.0 Å². The molecular weight excluding hydrogens is 486 g/mol. The van der Waals surface area contributed by atoms with Gasteiger partial charge in [0.25, 0.3) is 0 Å².